The summed E-state index contributed by atoms with van der Waals surface area (Å²) in [5, 5.41) is 14.0. The van der Waals surface area contributed by atoms with Gasteiger partial charge in [0.05, 0.1) is 21.8 Å². The first-order chi connectivity index (χ1) is 18.7. The molecule has 0 aliphatic carbocycles. The molecule has 3 rings (SSSR count). The summed E-state index contributed by atoms with van der Waals surface area (Å²) in [6, 6.07) is 7.96. The van der Waals surface area contributed by atoms with Crippen LogP contribution in [-0.2, 0) is 9.53 Å². The molecule has 1 heterocycles. The predicted octanol–water partition coefficient (Wildman–Crippen LogP) is 9.04. The second-order valence-corrected chi connectivity index (χ2v) is 10.7. The summed E-state index contributed by atoms with van der Waals surface area (Å²) in [5.41, 5.74) is 1.73. The molecule has 39 heavy (non-hydrogen) atoms. The first-order valence-electron chi connectivity index (χ1n) is 12.7. The molecule has 1 unspecified atom stereocenters. The topological polar surface area (TPSA) is 88.5 Å². The van der Waals surface area contributed by atoms with E-state index < -0.39 is 11.9 Å². The van der Waals surface area contributed by atoms with Crippen molar-refractivity contribution >= 4 is 57.6 Å². The van der Waals surface area contributed by atoms with E-state index in [0.717, 1.165) is 37.0 Å². The second-order valence-electron chi connectivity index (χ2n) is 9.02. The molecule has 208 valence electrons. The summed E-state index contributed by atoms with van der Waals surface area (Å²) in [5.74, 6) is -2.01. The van der Waals surface area contributed by atoms with E-state index in [2.05, 4.69) is 17.2 Å². The summed E-state index contributed by atoms with van der Waals surface area (Å²) < 4.78 is 21.5. The van der Waals surface area contributed by atoms with Crippen molar-refractivity contribution in [3.63, 3.8) is 0 Å². The van der Waals surface area contributed by atoms with Crippen LogP contribution < -0.4 is 5.32 Å². The molecule has 0 bridgehead atoms. The Morgan fingerprint density at radius 1 is 1.18 bits per heavy atom. The minimum atomic E-state index is -1.11. The van der Waals surface area contributed by atoms with Crippen LogP contribution in [0, 0.1) is 5.82 Å². The van der Waals surface area contributed by atoms with Gasteiger partial charge in [0, 0.05) is 39.8 Å². The van der Waals surface area contributed by atoms with Crippen LogP contribution in [0.2, 0.25) is 10.0 Å². The molecule has 2 N–H and O–H groups in total. The van der Waals surface area contributed by atoms with Crippen molar-refractivity contribution in [2.24, 2.45) is 0 Å². The van der Waals surface area contributed by atoms with Crippen LogP contribution in [0.3, 0.4) is 0 Å². The Balaban J connectivity index is 1.75. The number of halogens is 3. The van der Waals surface area contributed by atoms with E-state index in [-0.39, 0.29) is 38.2 Å². The van der Waals surface area contributed by atoms with Crippen LogP contribution in [0.25, 0.3) is 17.3 Å². The quantitative estimate of drug-likeness (QED) is 0.153. The van der Waals surface area contributed by atoms with Crippen LogP contribution in [0.1, 0.15) is 80.5 Å². The molecule has 0 saturated carbocycles. The Labute approximate surface area is 241 Å². The number of rotatable bonds is 13. The smallest absolute Gasteiger partial charge is 0.331 e. The number of carboxylic acid groups (broad SMARTS) is 1. The highest BCUT2D eigenvalue weighted by Gasteiger charge is 2.20. The number of unbranched alkanes of at least 4 members (excludes halogenated alkanes) is 3. The number of nitrogens with zero attached hydrogens (tertiary/aromatic N) is 1. The first-order valence-corrected chi connectivity index (χ1v) is 14.4. The molecule has 0 aliphatic heterocycles. The lowest BCUT2D eigenvalue weighted by molar-refractivity contribution is -0.132. The standard InChI is InChI=1S/C29H31Cl2FN2O4S/c1-4-6-7-8-12-38-25(5-2)20-11-9-10-19(26(20)32)24-16-39-29(33-24)34-27(35)18-14-22(30)21(23(31)15-18)13-17(3)28(36)37/h9-11,13-16,25H,4-8,12H2,1-3H3,(H,36,37)(H,33,34,35). The maximum Gasteiger partial charge on any atom is 0.331 e. The van der Waals surface area contributed by atoms with E-state index in [0.29, 0.717) is 35.4 Å². The number of carboxylic acids is 1. The molecule has 0 radical (unpaired) electrons. The van der Waals surface area contributed by atoms with Gasteiger partial charge >= 0.3 is 5.97 Å². The number of ether oxygens (including phenoxy) is 1. The molecule has 10 heteroatoms. The van der Waals surface area contributed by atoms with Gasteiger partial charge < -0.3 is 9.84 Å². The van der Waals surface area contributed by atoms with E-state index in [4.69, 9.17) is 33.0 Å². The Kier molecular flexibility index (Phi) is 11.5. The summed E-state index contributed by atoms with van der Waals surface area (Å²) in [6.45, 7) is 6.12. The second kappa shape index (κ2) is 14.6. The van der Waals surface area contributed by atoms with Crippen molar-refractivity contribution < 1.29 is 23.8 Å². The molecular weight excluding hydrogens is 562 g/mol. The van der Waals surface area contributed by atoms with Gasteiger partial charge in [0.25, 0.3) is 5.91 Å². The Morgan fingerprint density at radius 2 is 1.90 bits per heavy atom. The SMILES string of the molecule is CCCCCCOC(CC)c1cccc(-c2csc(NC(=O)c3cc(Cl)c(C=C(C)C(=O)O)c(Cl)c3)n2)c1F. The molecule has 1 aromatic heterocycles. The van der Waals surface area contributed by atoms with Gasteiger partial charge in [0.15, 0.2) is 5.13 Å². The first kappa shape index (κ1) is 30.8. The zero-order chi connectivity index (χ0) is 28.5. The lowest BCUT2D eigenvalue weighted by Gasteiger charge is -2.18. The van der Waals surface area contributed by atoms with Crippen molar-refractivity contribution in [3.05, 3.63) is 73.8 Å². The molecule has 1 amide bonds. The average Bonchev–Trinajstić information content (AvgIpc) is 3.36. The number of amides is 1. The molecule has 0 saturated heterocycles. The molecular formula is C29H31Cl2FN2O4S. The van der Waals surface area contributed by atoms with Crippen molar-refractivity contribution in [1.82, 2.24) is 4.98 Å². The fourth-order valence-corrected chi connectivity index (χ4v) is 5.24. The molecule has 0 fully saturated rings. The largest absolute Gasteiger partial charge is 0.478 e. The van der Waals surface area contributed by atoms with Gasteiger partial charge in [-0.05, 0) is 44.0 Å². The minimum Gasteiger partial charge on any atom is -0.478 e. The molecule has 3 aromatic rings. The van der Waals surface area contributed by atoms with Crippen molar-refractivity contribution in [2.75, 3.05) is 11.9 Å². The van der Waals surface area contributed by atoms with Crippen molar-refractivity contribution in [2.45, 2.75) is 59.0 Å². The van der Waals surface area contributed by atoms with Crippen LogP contribution >= 0.6 is 34.5 Å². The number of anilines is 1. The maximum absolute atomic E-state index is 15.6. The van der Waals surface area contributed by atoms with Crippen LogP contribution in [0.4, 0.5) is 9.52 Å². The Morgan fingerprint density at radius 3 is 2.54 bits per heavy atom. The Bertz CT molecular complexity index is 1340. The maximum atomic E-state index is 15.6. The third-order valence-electron chi connectivity index (χ3n) is 6.10. The summed E-state index contributed by atoms with van der Waals surface area (Å²) >= 11 is 13.7. The third-order valence-corrected chi connectivity index (χ3v) is 7.49. The van der Waals surface area contributed by atoms with Crippen LogP contribution in [0.15, 0.2) is 41.3 Å². The Hall–Kier alpha value is -2.78. The minimum absolute atomic E-state index is 0.0476. The van der Waals surface area contributed by atoms with Gasteiger partial charge in [-0.1, -0.05) is 68.4 Å². The van der Waals surface area contributed by atoms with Gasteiger partial charge in [-0.15, -0.1) is 11.3 Å². The molecule has 0 spiro atoms. The fourth-order valence-electron chi connectivity index (χ4n) is 3.93. The summed E-state index contributed by atoms with van der Waals surface area (Å²) in [4.78, 5) is 28.4. The van der Waals surface area contributed by atoms with Gasteiger partial charge in [0.1, 0.15) is 5.82 Å². The number of benzene rings is 2. The monoisotopic (exact) mass is 592 g/mol. The van der Waals surface area contributed by atoms with E-state index in [1.54, 1.807) is 23.6 Å². The normalized spacial score (nSPS) is 12.4. The number of aromatic nitrogens is 1. The highest BCUT2D eigenvalue weighted by molar-refractivity contribution is 7.14. The average molecular weight is 594 g/mol. The highest BCUT2D eigenvalue weighted by Crippen LogP contribution is 2.34. The summed E-state index contributed by atoms with van der Waals surface area (Å²) in [7, 11) is 0. The predicted molar refractivity (Wildman–Crippen MR) is 156 cm³/mol. The molecule has 6 nitrogen and oxygen atoms in total. The number of carbonyl (C=O) groups is 2. The van der Waals surface area contributed by atoms with Crippen LogP contribution in [-0.4, -0.2) is 28.6 Å². The lowest BCUT2D eigenvalue weighted by atomic mass is 10.0. The number of aliphatic carboxylic acids is 1. The highest BCUT2D eigenvalue weighted by atomic mass is 35.5. The van der Waals surface area contributed by atoms with E-state index >= 15 is 4.39 Å². The molecule has 1 atom stereocenters. The van der Waals surface area contributed by atoms with E-state index in [9.17, 15) is 9.59 Å². The van der Waals surface area contributed by atoms with Gasteiger partial charge in [-0.3, -0.25) is 10.1 Å². The van der Waals surface area contributed by atoms with Gasteiger partial charge in [0.2, 0.25) is 0 Å². The number of nitrogens with one attached hydrogen (secondary N) is 1. The number of hydrogen-bond donors (Lipinski definition) is 2. The summed E-state index contributed by atoms with van der Waals surface area (Å²) in [6.07, 6.45) is 5.96. The number of hydrogen-bond acceptors (Lipinski definition) is 5. The number of carbonyl (C=O) groups excluding carboxylic acids is 1. The van der Waals surface area contributed by atoms with E-state index in [1.807, 2.05) is 6.92 Å². The van der Waals surface area contributed by atoms with E-state index in [1.165, 1.54) is 25.1 Å². The van der Waals surface area contributed by atoms with Crippen molar-refractivity contribution in [3.8, 4) is 11.3 Å². The number of thiazole rings is 1. The fraction of sp³-hybridized carbons (Fsp3) is 0.345. The lowest BCUT2D eigenvalue weighted by Crippen LogP contribution is -2.12. The van der Waals surface area contributed by atoms with Gasteiger partial charge in [-0.2, -0.15) is 0 Å². The van der Waals surface area contributed by atoms with Crippen molar-refractivity contribution in [1.29, 1.82) is 0 Å². The van der Waals surface area contributed by atoms with Gasteiger partial charge in [-0.25, -0.2) is 14.2 Å². The molecule has 0 aliphatic rings. The third kappa shape index (κ3) is 8.11. The van der Waals surface area contributed by atoms with Crippen LogP contribution in [0.5, 0.6) is 0 Å². The molecule has 2 aromatic carbocycles. The zero-order valence-corrected chi connectivity index (χ0v) is 24.4. The zero-order valence-electron chi connectivity index (χ0n) is 22.0.